The standard InChI is InChI=1S/C29H31ClFN5O5/c1-14(18-6-19(31)9-21(7-18)41-3)33-27(39)15(2)36-13-17-5-4-16(8-22(17)28(36)40)26-23(30)12-32-29(35-26)34-20-10-24(37)25(38)11-20/h4-9,12,14-15,20,24-25,37-38H,10-11,13H2,1-3H3,(H,33,39)(H,32,34,35)/t14?,15?,24-,25-/m1/s1. The van der Waals surface area contributed by atoms with Gasteiger partial charge in [0.25, 0.3) is 5.91 Å². The van der Waals surface area contributed by atoms with Gasteiger partial charge in [-0.15, -0.1) is 0 Å². The normalized spacial score (nSPS) is 20.1. The van der Waals surface area contributed by atoms with E-state index in [4.69, 9.17) is 16.3 Å². The summed E-state index contributed by atoms with van der Waals surface area (Å²) >= 11 is 6.42. The number of aliphatic hydroxyl groups is 2. The number of anilines is 1. The van der Waals surface area contributed by atoms with Gasteiger partial charge in [0.05, 0.1) is 42.3 Å². The molecule has 5 rings (SSSR count). The maximum Gasteiger partial charge on any atom is 0.255 e. The quantitative estimate of drug-likeness (QED) is 0.316. The second kappa shape index (κ2) is 11.6. The number of benzene rings is 2. The number of methoxy groups -OCH3 is 1. The zero-order chi connectivity index (χ0) is 29.4. The summed E-state index contributed by atoms with van der Waals surface area (Å²) in [4.78, 5) is 36.7. The molecule has 1 aromatic heterocycles. The lowest BCUT2D eigenvalue weighted by Gasteiger charge is -2.25. The molecule has 4 N–H and O–H groups in total. The van der Waals surface area contributed by atoms with Crippen molar-refractivity contribution in [2.45, 2.75) is 63.6 Å². The minimum absolute atomic E-state index is 0.192. The monoisotopic (exact) mass is 583 g/mol. The third-order valence-corrected chi connectivity index (χ3v) is 7.90. The minimum Gasteiger partial charge on any atom is -0.497 e. The van der Waals surface area contributed by atoms with Gasteiger partial charge in [0, 0.05) is 29.8 Å². The summed E-state index contributed by atoms with van der Waals surface area (Å²) in [6.45, 7) is 3.63. The summed E-state index contributed by atoms with van der Waals surface area (Å²) in [6.07, 6.45) is 0.584. The molecular formula is C29H31ClFN5O5. The van der Waals surface area contributed by atoms with E-state index in [0.29, 0.717) is 51.9 Å². The molecule has 1 aliphatic carbocycles. The fraction of sp³-hybridized carbons (Fsp3) is 0.379. The van der Waals surface area contributed by atoms with E-state index in [0.717, 1.165) is 5.56 Å². The molecule has 216 valence electrons. The van der Waals surface area contributed by atoms with E-state index in [1.54, 1.807) is 32.0 Å². The first-order valence-corrected chi connectivity index (χ1v) is 13.7. The number of aromatic nitrogens is 2. The molecule has 0 saturated heterocycles. The van der Waals surface area contributed by atoms with Crippen molar-refractivity contribution in [3.05, 3.63) is 70.1 Å². The molecule has 10 nitrogen and oxygen atoms in total. The predicted molar refractivity (Wildman–Crippen MR) is 150 cm³/mol. The van der Waals surface area contributed by atoms with Gasteiger partial charge in [-0.05, 0) is 56.0 Å². The van der Waals surface area contributed by atoms with E-state index < -0.39 is 30.1 Å². The molecule has 0 radical (unpaired) electrons. The largest absolute Gasteiger partial charge is 0.497 e. The Morgan fingerprint density at radius 2 is 1.90 bits per heavy atom. The van der Waals surface area contributed by atoms with Crippen LogP contribution >= 0.6 is 11.6 Å². The van der Waals surface area contributed by atoms with Gasteiger partial charge in [-0.3, -0.25) is 9.59 Å². The molecular weight excluding hydrogens is 553 g/mol. The Hall–Kier alpha value is -3.80. The Balaban J connectivity index is 1.29. The SMILES string of the molecule is COc1cc(F)cc(C(C)NC(=O)C(C)N2Cc3ccc(-c4nc(NC5C[C@@H](O)[C@H](O)C5)ncc4Cl)cc3C2=O)c1. The number of hydrogen-bond acceptors (Lipinski definition) is 8. The molecule has 4 atom stereocenters. The first-order valence-electron chi connectivity index (χ1n) is 13.3. The topological polar surface area (TPSA) is 137 Å². The van der Waals surface area contributed by atoms with Crippen molar-refractivity contribution in [3.8, 4) is 17.0 Å². The Labute approximate surface area is 241 Å². The molecule has 1 fully saturated rings. The highest BCUT2D eigenvalue weighted by atomic mass is 35.5. The smallest absolute Gasteiger partial charge is 0.255 e. The number of nitrogens with zero attached hydrogens (tertiary/aromatic N) is 3. The van der Waals surface area contributed by atoms with Gasteiger partial charge in [0.1, 0.15) is 17.6 Å². The molecule has 41 heavy (non-hydrogen) atoms. The van der Waals surface area contributed by atoms with Gasteiger partial charge in [-0.1, -0.05) is 23.7 Å². The lowest BCUT2D eigenvalue weighted by molar-refractivity contribution is -0.125. The van der Waals surface area contributed by atoms with E-state index in [1.165, 1.54) is 30.3 Å². The number of amides is 2. The maximum absolute atomic E-state index is 14.0. The molecule has 2 unspecified atom stereocenters. The van der Waals surface area contributed by atoms with Gasteiger partial charge in [-0.2, -0.15) is 0 Å². The van der Waals surface area contributed by atoms with E-state index >= 15 is 0 Å². The second-order valence-electron chi connectivity index (χ2n) is 10.5. The van der Waals surface area contributed by atoms with Gasteiger partial charge in [0.15, 0.2) is 0 Å². The number of carbonyl (C=O) groups is 2. The zero-order valence-electron chi connectivity index (χ0n) is 22.8. The molecule has 3 aromatic rings. The summed E-state index contributed by atoms with van der Waals surface area (Å²) in [7, 11) is 1.44. The molecule has 2 heterocycles. The summed E-state index contributed by atoms with van der Waals surface area (Å²) in [6, 6.07) is 8.06. The molecule has 0 bridgehead atoms. The van der Waals surface area contributed by atoms with Gasteiger partial charge in [-0.25, -0.2) is 14.4 Å². The van der Waals surface area contributed by atoms with Crippen LogP contribution in [0.4, 0.5) is 10.3 Å². The van der Waals surface area contributed by atoms with Crippen molar-refractivity contribution in [2.24, 2.45) is 0 Å². The number of ether oxygens (including phenoxy) is 1. The van der Waals surface area contributed by atoms with Crippen molar-refractivity contribution in [2.75, 3.05) is 12.4 Å². The van der Waals surface area contributed by atoms with Crippen LogP contribution in [0.3, 0.4) is 0 Å². The minimum atomic E-state index is -0.803. The van der Waals surface area contributed by atoms with Crippen molar-refractivity contribution in [3.63, 3.8) is 0 Å². The lowest BCUT2D eigenvalue weighted by Crippen LogP contribution is -2.45. The molecule has 2 aromatic carbocycles. The lowest BCUT2D eigenvalue weighted by atomic mass is 10.0. The van der Waals surface area contributed by atoms with E-state index in [1.807, 2.05) is 6.07 Å². The molecule has 1 saturated carbocycles. The molecule has 2 aliphatic rings. The Bertz CT molecular complexity index is 1480. The molecule has 12 heteroatoms. The molecule has 1 aliphatic heterocycles. The van der Waals surface area contributed by atoms with Crippen LogP contribution in [0.25, 0.3) is 11.3 Å². The van der Waals surface area contributed by atoms with E-state index in [9.17, 15) is 24.2 Å². The van der Waals surface area contributed by atoms with E-state index in [-0.39, 0.29) is 24.4 Å². The Morgan fingerprint density at radius 3 is 2.61 bits per heavy atom. The summed E-state index contributed by atoms with van der Waals surface area (Å²) in [5.74, 6) is -0.518. The fourth-order valence-electron chi connectivity index (χ4n) is 5.23. The third-order valence-electron chi connectivity index (χ3n) is 7.62. The van der Waals surface area contributed by atoms with Crippen LogP contribution in [0.5, 0.6) is 5.75 Å². The van der Waals surface area contributed by atoms with Crippen LogP contribution in [0.2, 0.25) is 5.02 Å². The summed E-state index contributed by atoms with van der Waals surface area (Å²) in [5.41, 5.74) is 2.77. The van der Waals surface area contributed by atoms with Gasteiger partial charge < -0.3 is 30.5 Å². The highest BCUT2D eigenvalue weighted by Crippen LogP contribution is 2.33. The van der Waals surface area contributed by atoms with Crippen molar-refractivity contribution in [1.29, 1.82) is 0 Å². The number of fused-ring (bicyclic) bond motifs is 1. The van der Waals surface area contributed by atoms with Gasteiger partial charge >= 0.3 is 0 Å². The second-order valence-corrected chi connectivity index (χ2v) is 10.9. The van der Waals surface area contributed by atoms with Crippen LogP contribution in [-0.2, 0) is 11.3 Å². The molecule has 2 amide bonds. The summed E-state index contributed by atoms with van der Waals surface area (Å²) in [5, 5.41) is 25.9. The van der Waals surface area contributed by atoms with Crippen LogP contribution in [0.1, 0.15) is 54.2 Å². The number of carbonyl (C=O) groups excluding carboxylic acids is 2. The molecule has 0 spiro atoms. The van der Waals surface area contributed by atoms with Crippen molar-refractivity contribution >= 4 is 29.4 Å². The van der Waals surface area contributed by atoms with E-state index in [2.05, 4.69) is 20.6 Å². The van der Waals surface area contributed by atoms with Crippen molar-refractivity contribution < 1.29 is 28.9 Å². The number of rotatable bonds is 8. The fourth-order valence-corrected chi connectivity index (χ4v) is 5.43. The summed E-state index contributed by atoms with van der Waals surface area (Å²) < 4.78 is 19.1. The first kappa shape index (κ1) is 28.7. The Kier molecular flexibility index (Phi) is 8.12. The average Bonchev–Trinajstić information content (AvgIpc) is 3.45. The number of aliphatic hydroxyl groups excluding tert-OH is 2. The van der Waals surface area contributed by atoms with Crippen LogP contribution in [0, 0.1) is 5.82 Å². The number of hydrogen-bond donors (Lipinski definition) is 4. The number of halogens is 2. The third kappa shape index (κ3) is 5.97. The zero-order valence-corrected chi connectivity index (χ0v) is 23.5. The number of nitrogens with one attached hydrogen (secondary N) is 2. The average molecular weight is 584 g/mol. The highest BCUT2D eigenvalue weighted by Gasteiger charge is 2.35. The highest BCUT2D eigenvalue weighted by molar-refractivity contribution is 6.33. The van der Waals surface area contributed by atoms with Crippen molar-refractivity contribution in [1.82, 2.24) is 20.2 Å². The first-order chi connectivity index (χ1) is 19.5. The maximum atomic E-state index is 14.0. The van der Waals surface area contributed by atoms with Crippen LogP contribution in [0.15, 0.2) is 42.6 Å². The Morgan fingerprint density at radius 1 is 1.17 bits per heavy atom. The van der Waals surface area contributed by atoms with Crippen LogP contribution < -0.4 is 15.4 Å². The van der Waals surface area contributed by atoms with Crippen LogP contribution in [-0.4, -0.2) is 68.3 Å². The predicted octanol–water partition coefficient (Wildman–Crippen LogP) is 3.46. The van der Waals surface area contributed by atoms with Gasteiger partial charge in [0.2, 0.25) is 11.9 Å².